The normalized spacial score (nSPS) is 22.9. The fourth-order valence-electron chi connectivity index (χ4n) is 2.72. The molecule has 0 spiro atoms. The highest BCUT2D eigenvalue weighted by Crippen LogP contribution is 2.16. The quantitative estimate of drug-likeness (QED) is 0.605. The van der Waals surface area contributed by atoms with E-state index in [0.29, 0.717) is 12.5 Å². The fraction of sp³-hybridized carbons (Fsp3) is 0.938. The van der Waals surface area contributed by atoms with Crippen molar-refractivity contribution < 1.29 is 14.6 Å². The summed E-state index contributed by atoms with van der Waals surface area (Å²) in [5.74, 6) is -0.742. The molecule has 0 bridgehead atoms. The van der Waals surface area contributed by atoms with E-state index in [0.717, 1.165) is 58.5 Å². The second-order valence-corrected chi connectivity index (χ2v) is 6.22. The topological polar surface area (TPSA) is 61.8 Å². The standard InChI is InChI=1S/C16H32N2O3/c1-4-9-17-16(3,15(19)20)8-6-7-10-18-11-12-21-14(5-2)13-18/h14,17H,4-13H2,1-3H3,(H,19,20). The molecule has 5 nitrogen and oxygen atoms in total. The van der Waals surface area contributed by atoms with E-state index in [1.807, 2.05) is 0 Å². The van der Waals surface area contributed by atoms with Gasteiger partial charge >= 0.3 is 5.97 Å². The molecule has 1 saturated heterocycles. The molecule has 0 aromatic rings. The molecule has 2 N–H and O–H groups in total. The second kappa shape index (κ2) is 9.38. The summed E-state index contributed by atoms with van der Waals surface area (Å²) in [5.41, 5.74) is -0.785. The fourth-order valence-corrected chi connectivity index (χ4v) is 2.72. The Bertz CT molecular complexity index is 312. The van der Waals surface area contributed by atoms with Crippen LogP contribution in [0, 0.1) is 0 Å². The molecular weight excluding hydrogens is 268 g/mol. The summed E-state index contributed by atoms with van der Waals surface area (Å²) in [6.45, 7) is 10.6. The molecule has 1 fully saturated rings. The summed E-state index contributed by atoms with van der Waals surface area (Å²) >= 11 is 0. The van der Waals surface area contributed by atoms with Crippen molar-refractivity contribution in [2.45, 2.75) is 64.5 Å². The molecule has 0 aliphatic carbocycles. The summed E-state index contributed by atoms with van der Waals surface area (Å²) in [7, 11) is 0. The van der Waals surface area contributed by atoms with Crippen LogP contribution in [0.3, 0.4) is 0 Å². The van der Waals surface area contributed by atoms with Gasteiger partial charge in [-0.25, -0.2) is 0 Å². The first-order valence-corrected chi connectivity index (χ1v) is 8.34. The van der Waals surface area contributed by atoms with Crippen LogP contribution in [0.1, 0.15) is 52.9 Å². The van der Waals surface area contributed by atoms with Crippen molar-refractivity contribution in [3.63, 3.8) is 0 Å². The van der Waals surface area contributed by atoms with E-state index in [4.69, 9.17) is 4.74 Å². The maximum absolute atomic E-state index is 11.4. The molecule has 1 aliphatic heterocycles. The van der Waals surface area contributed by atoms with Crippen molar-refractivity contribution in [1.82, 2.24) is 10.2 Å². The molecule has 5 heteroatoms. The minimum Gasteiger partial charge on any atom is -0.480 e. The monoisotopic (exact) mass is 300 g/mol. The molecule has 0 aromatic carbocycles. The molecule has 0 amide bonds. The maximum atomic E-state index is 11.4. The van der Waals surface area contributed by atoms with Crippen molar-refractivity contribution in [1.29, 1.82) is 0 Å². The zero-order valence-corrected chi connectivity index (χ0v) is 13.9. The Labute approximate surface area is 129 Å². The van der Waals surface area contributed by atoms with Crippen LogP contribution in [0.2, 0.25) is 0 Å². The number of morpholine rings is 1. The van der Waals surface area contributed by atoms with Gasteiger partial charge in [-0.15, -0.1) is 0 Å². The van der Waals surface area contributed by atoms with E-state index in [1.54, 1.807) is 6.92 Å². The van der Waals surface area contributed by atoms with Crippen molar-refractivity contribution in [3.8, 4) is 0 Å². The summed E-state index contributed by atoms with van der Waals surface area (Å²) in [5, 5.41) is 12.6. The first-order valence-electron chi connectivity index (χ1n) is 8.34. The van der Waals surface area contributed by atoms with Gasteiger partial charge in [0, 0.05) is 13.1 Å². The van der Waals surface area contributed by atoms with Gasteiger partial charge < -0.3 is 15.2 Å². The number of ether oxygens (including phenoxy) is 1. The van der Waals surface area contributed by atoms with Gasteiger partial charge in [0.15, 0.2) is 0 Å². The van der Waals surface area contributed by atoms with Crippen LogP contribution in [0.5, 0.6) is 0 Å². The van der Waals surface area contributed by atoms with Gasteiger partial charge in [0.1, 0.15) is 5.54 Å². The molecular formula is C16H32N2O3. The molecule has 21 heavy (non-hydrogen) atoms. The molecule has 0 radical (unpaired) electrons. The minimum absolute atomic E-state index is 0.370. The summed E-state index contributed by atoms with van der Waals surface area (Å²) in [6.07, 6.45) is 5.06. The second-order valence-electron chi connectivity index (χ2n) is 6.22. The Morgan fingerprint density at radius 1 is 1.43 bits per heavy atom. The number of carboxylic acid groups (broad SMARTS) is 1. The predicted molar refractivity (Wildman–Crippen MR) is 84.7 cm³/mol. The molecule has 2 unspecified atom stereocenters. The smallest absolute Gasteiger partial charge is 0.323 e. The van der Waals surface area contributed by atoms with Crippen molar-refractivity contribution in [3.05, 3.63) is 0 Å². The van der Waals surface area contributed by atoms with E-state index >= 15 is 0 Å². The Hall–Kier alpha value is -0.650. The molecule has 1 aliphatic rings. The number of rotatable bonds is 10. The number of nitrogens with zero attached hydrogens (tertiary/aromatic N) is 1. The summed E-state index contributed by atoms with van der Waals surface area (Å²) in [6, 6.07) is 0. The van der Waals surface area contributed by atoms with Crippen LogP contribution >= 0.6 is 0 Å². The SMILES string of the molecule is CCCNC(C)(CCCCN1CCOC(CC)C1)C(=O)O. The van der Waals surface area contributed by atoms with E-state index in [2.05, 4.69) is 24.1 Å². The van der Waals surface area contributed by atoms with Gasteiger partial charge in [-0.1, -0.05) is 13.8 Å². The number of hydrogen-bond acceptors (Lipinski definition) is 4. The third-order valence-corrected chi connectivity index (χ3v) is 4.32. The lowest BCUT2D eigenvalue weighted by atomic mass is 9.94. The number of nitrogens with one attached hydrogen (secondary N) is 1. The first-order chi connectivity index (χ1) is 10.0. The van der Waals surface area contributed by atoms with E-state index < -0.39 is 11.5 Å². The average Bonchev–Trinajstić information content (AvgIpc) is 2.49. The first kappa shape index (κ1) is 18.4. The van der Waals surface area contributed by atoms with Crippen LogP contribution in [0.15, 0.2) is 0 Å². The summed E-state index contributed by atoms with van der Waals surface area (Å²) in [4.78, 5) is 13.9. The van der Waals surface area contributed by atoms with Crippen molar-refractivity contribution in [2.75, 3.05) is 32.8 Å². The predicted octanol–water partition coefficient (Wildman–Crippen LogP) is 2.11. The van der Waals surface area contributed by atoms with Gasteiger partial charge in [-0.3, -0.25) is 9.69 Å². The van der Waals surface area contributed by atoms with Crippen molar-refractivity contribution in [2.24, 2.45) is 0 Å². The van der Waals surface area contributed by atoms with E-state index in [9.17, 15) is 9.90 Å². The van der Waals surface area contributed by atoms with E-state index in [-0.39, 0.29) is 0 Å². The number of carbonyl (C=O) groups is 1. The highest BCUT2D eigenvalue weighted by atomic mass is 16.5. The molecule has 1 rings (SSSR count). The zero-order chi connectivity index (χ0) is 15.7. The Morgan fingerprint density at radius 2 is 2.19 bits per heavy atom. The number of unbranched alkanes of at least 4 members (excludes halogenated alkanes) is 1. The van der Waals surface area contributed by atoms with Gasteiger partial charge in [0.25, 0.3) is 0 Å². The number of aliphatic carboxylic acids is 1. The zero-order valence-electron chi connectivity index (χ0n) is 13.9. The minimum atomic E-state index is -0.785. The lowest BCUT2D eigenvalue weighted by molar-refractivity contribution is -0.144. The van der Waals surface area contributed by atoms with Gasteiger partial charge in [-0.05, 0) is 52.1 Å². The number of carboxylic acids is 1. The van der Waals surface area contributed by atoms with Crippen LogP contribution in [0.4, 0.5) is 0 Å². The molecule has 0 saturated carbocycles. The van der Waals surface area contributed by atoms with Gasteiger partial charge in [0.05, 0.1) is 12.7 Å². The average molecular weight is 300 g/mol. The van der Waals surface area contributed by atoms with Crippen LogP contribution in [-0.4, -0.2) is 60.4 Å². The molecule has 2 atom stereocenters. The molecule has 1 heterocycles. The highest BCUT2D eigenvalue weighted by Gasteiger charge is 2.31. The van der Waals surface area contributed by atoms with Crippen molar-refractivity contribution >= 4 is 5.97 Å². The van der Waals surface area contributed by atoms with Crippen LogP contribution < -0.4 is 5.32 Å². The molecule has 0 aromatic heterocycles. The van der Waals surface area contributed by atoms with E-state index in [1.165, 1.54) is 0 Å². The highest BCUT2D eigenvalue weighted by molar-refractivity contribution is 5.78. The Kier molecular flexibility index (Phi) is 8.22. The third-order valence-electron chi connectivity index (χ3n) is 4.32. The lowest BCUT2D eigenvalue weighted by Gasteiger charge is -2.32. The summed E-state index contributed by atoms with van der Waals surface area (Å²) < 4.78 is 5.66. The largest absolute Gasteiger partial charge is 0.480 e. The van der Waals surface area contributed by atoms with Gasteiger partial charge in [0.2, 0.25) is 0 Å². The number of hydrogen-bond donors (Lipinski definition) is 2. The van der Waals surface area contributed by atoms with Gasteiger partial charge in [-0.2, -0.15) is 0 Å². The molecule has 124 valence electrons. The maximum Gasteiger partial charge on any atom is 0.323 e. The third kappa shape index (κ3) is 6.32. The van der Waals surface area contributed by atoms with Crippen LogP contribution in [0.25, 0.3) is 0 Å². The lowest BCUT2D eigenvalue weighted by Crippen LogP contribution is -2.49. The van der Waals surface area contributed by atoms with Crippen LogP contribution in [-0.2, 0) is 9.53 Å². The Morgan fingerprint density at radius 3 is 2.81 bits per heavy atom. The Balaban J connectivity index is 2.26.